The fourth-order valence-electron chi connectivity index (χ4n) is 3.85. The van der Waals surface area contributed by atoms with Crippen LogP contribution in [0.4, 0.5) is 4.39 Å². The average Bonchev–Trinajstić information content (AvgIpc) is 3.22. The van der Waals surface area contributed by atoms with Gasteiger partial charge in [-0.3, -0.25) is 9.48 Å². The Morgan fingerprint density at radius 1 is 1.29 bits per heavy atom. The van der Waals surface area contributed by atoms with Crippen LogP contribution in [0, 0.1) is 11.7 Å². The van der Waals surface area contributed by atoms with Crippen molar-refractivity contribution in [3.63, 3.8) is 0 Å². The SMILES string of the molecule is O=C(Cc1ccccc1F)N1CCc2c(c(-c3cocn3)nn2CC2CC2)C1. The Balaban J connectivity index is 1.42. The summed E-state index contributed by atoms with van der Waals surface area (Å²) in [6.45, 7) is 2.01. The monoisotopic (exact) mass is 380 g/mol. The van der Waals surface area contributed by atoms with Crippen molar-refractivity contribution < 1.29 is 13.6 Å². The molecular formula is C21H21FN4O2. The molecule has 1 aliphatic carbocycles. The maximum Gasteiger partial charge on any atom is 0.227 e. The summed E-state index contributed by atoms with van der Waals surface area (Å²) in [5, 5.41) is 4.80. The number of fused-ring (bicyclic) bond motifs is 1. The second kappa shape index (κ2) is 6.89. The molecule has 1 amide bonds. The fourth-order valence-corrected chi connectivity index (χ4v) is 3.85. The van der Waals surface area contributed by atoms with Gasteiger partial charge in [0.1, 0.15) is 23.5 Å². The van der Waals surface area contributed by atoms with Gasteiger partial charge in [-0.2, -0.15) is 5.10 Å². The minimum atomic E-state index is -0.339. The number of rotatable bonds is 5. The van der Waals surface area contributed by atoms with Gasteiger partial charge in [0.2, 0.25) is 5.91 Å². The van der Waals surface area contributed by atoms with E-state index < -0.39 is 0 Å². The summed E-state index contributed by atoms with van der Waals surface area (Å²) < 4.78 is 21.2. The molecule has 0 unspecified atom stereocenters. The molecule has 1 saturated carbocycles. The Morgan fingerprint density at radius 2 is 2.14 bits per heavy atom. The van der Waals surface area contributed by atoms with Crippen LogP contribution in [0.1, 0.15) is 29.7 Å². The van der Waals surface area contributed by atoms with Crippen LogP contribution in [0.25, 0.3) is 11.4 Å². The van der Waals surface area contributed by atoms with Gasteiger partial charge in [-0.25, -0.2) is 9.37 Å². The van der Waals surface area contributed by atoms with Crippen molar-refractivity contribution in [1.29, 1.82) is 0 Å². The first-order valence-corrected chi connectivity index (χ1v) is 9.67. The van der Waals surface area contributed by atoms with Crippen LogP contribution < -0.4 is 0 Å². The van der Waals surface area contributed by atoms with E-state index in [1.165, 1.54) is 31.0 Å². The first-order chi connectivity index (χ1) is 13.7. The van der Waals surface area contributed by atoms with Crippen LogP contribution in [0.5, 0.6) is 0 Å². The number of halogens is 1. The predicted molar refractivity (Wildman–Crippen MR) is 99.7 cm³/mol. The van der Waals surface area contributed by atoms with Crippen LogP contribution in [0.3, 0.4) is 0 Å². The highest BCUT2D eigenvalue weighted by Gasteiger charge is 2.31. The highest BCUT2D eigenvalue weighted by atomic mass is 19.1. The maximum atomic E-state index is 13.9. The summed E-state index contributed by atoms with van der Waals surface area (Å²) >= 11 is 0. The van der Waals surface area contributed by atoms with Gasteiger partial charge in [0.05, 0.1) is 6.42 Å². The van der Waals surface area contributed by atoms with Gasteiger partial charge in [-0.1, -0.05) is 18.2 Å². The van der Waals surface area contributed by atoms with Crippen molar-refractivity contribution in [3.05, 3.63) is 59.6 Å². The van der Waals surface area contributed by atoms with E-state index in [0.717, 1.165) is 24.2 Å². The number of aromatic nitrogens is 3. The minimum Gasteiger partial charge on any atom is -0.451 e. The number of hydrogen-bond acceptors (Lipinski definition) is 4. The summed E-state index contributed by atoms with van der Waals surface area (Å²) in [4.78, 5) is 18.9. The van der Waals surface area contributed by atoms with Crippen LogP contribution in [-0.4, -0.2) is 32.1 Å². The zero-order chi connectivity index (χ0) is 19.1. The molecule has 0 radical (unpaired) electrons. The van der Waals surface area contributed by atoms with Crippen LogP contribution >= 0.6 is 0 Å². The smallest absolute Gasteiger partial charge is 0.227 e. The molecule has 0 bridgehead atoms. The van der Waals surface area contributed by atoms with Crippen LogP contribution in [-0.2, 0) is 30.7 Å². The van der Waals surface area contributed by atoms with E-state index in [1.54, 1.807) is 29.4 Å². The van der Waals surface area contributed by atoms with E-state index in [1.807, 2.05) is 0 Å². The first-order valence-electron chi connectivity index (χ1n) is 9.67. The first kappa shape index (κ1) is 17.2. The van der Waals surface area contributed by atoms with Gasteiger partial charge in [0.15, 0.2) is 6.39 Å². The standard InChI is InChI=1S/C21H21FN4O2/c22-17-4-2-1-3-15(17)9-20(27)25-8-7-19-16(11-25)21(18-12-28-13-23-18)24-26(19)10-14-5-6-14/h1-4,12-14H,5-11H2. The Hall–Kier alpha value is -2.96. The zero-order valence-corrected chi connectivity index (χ0v) is 15.5. The lowest BCUT2D eigenvalue weighted by Gasteiger charge is -2.28. The molecule has 28 heavy (non-hydrogen) atoms. The molecule has 1 aromatic carbocycles. The molecule has 2 aliphatic rings. The molecule has 0 atom stereocenters. The van der Waals surface area contributed by atoms with E-state index in [9.17, 15) is 9.18 Å². The van der Waals surface area contributed by atoms with Crippen LogP contribution in [0.2, 0.25) is 0 Å². The van der Waals surface area contributed by atoms with Crippen molar-refractivity contribution in [1.82, 2.24) is 19.7 Å². The molecule has 3 heterocycles. The van der Waals surface area contributed by atoms with Crippen molar-refractivity contribution in [2.24, 2.45) is 5.92 Å². The second-order valence-corrected chi connectivity index (χ2v) is 7.61. The minimum absolute atomic E-state index is 0.0670. The number of carbonyl (C=O) groups excluding carboxylic acids is 1. The quantitative estimate of drug-likeness (QED) is 0.682. The molecule has 3 aromatic rings. The Labute approximate surface area is 162 Å². The highest BCUT2D eigenvalue weighted by Crippen LogP contribution is 2.34. The van der Waals surface area contributed by atoms with Crippen molar-refractivity contribution in [2.75, 3.05) is 6.54 Å². The number of carbonyl (C=O) groups is 1. The number of amides is 1. The van der Waals surface area contributed by atoms with Gasteiger partial charge in [-0.05, 0) is 30.4 Å². The van der Waals surface area contributed by atoms with E-state index in [2.05, 4.69) is 9.67 Å². The molecule has 0 saturated heterocycles. The molecule has 0 N–H and O–H groups in total. The third-order valence-electron chi connectivity index (χ3n) is 5.59. The second-order valence-electron chi connectivity index (χ2n) is 7.61. The largest absolute Gasteiger partial charge is 0.451 e. The lowest BCUT2D eigenvalue weighted by Crippen LogP contribution is -2.37. The lowest BCUT2D eigenvalue weighted by atomic mass is 10.0. The summed E-state index contributed by atoms with van der Waals surface area (Å²) in [7, 11) is 0. The van der Waals surface area contributed by atoms with Gasteiger partial charge in [0.25, 0.3) is 0 Å². The van der Waals surface area contributed by atoms with E-state index >= 15 is 0 Å². The molecular weight excluding hydrogens is 359 g/mol. The molecule has 1 fully saturated rings. The van der Waals surface area contributed by atoms with Gasteiger partial charge < -0.3 is 9.32 Å². The number of oxazole rings is 1. The molecule has 2 aromatic heterocycles. The third kappa shape index (κ3) is 3.21. The number of benzene rings is 1. The van der Waals surface area contributed by atoms with Crippen LogP contribution in [0.15, 0.2) is 41.3 Å². The molecule has 0 spiro atoms. The van der Waals surface area contributed by atoms with Crippen molar-refractivity contribution in [2.45, 2.75) is 38.8 Å². The summed E-state index contributed by atoms with van der Waals surface area (Å²) in [5.41, 5.74) is 4.11. The molecule has 6 nitrogen and oxygen atoms in total. The van der Waals surface area contributed by atoms with Crippen molar-refractivity contribution in [3.8, 4) is 11.4 Å². The van der Waals surface area contributed by atoms with Gasteiger partial charge in [0, 0.05) is 37.3 Å². The molecule has 5 rings (SSSR count). The van der Waals surface area contributed by atoms with Gasteiger partial charge >= 0.3 is 0 Å². The normalized spacial score (nSPS) is 16.2. The fraction of sp³-hybridized carbons (Fsp3) is 0.381. The molecule has 1 aliphatic heterocycles. The zero-order valence-electron chi connectivity index (χ0n) is 15.5. The third-order valence-corrected chi connectivity index (χ3v) is 5.59. The predicted octanol–water partition coefficient (Wildman–Crippen LogP) is 3.21. The summed E-state index contributed by atoms with van der Waals surface area (Å²) in [5.74, 6) is 0.292. The Bertz CT molecular complexity index is 1010. The number of nitrogens with zero attached hydrogens (tertiary/aromatic N) is 4. The van der Waals surface area contributed by atoms with E-state index in [4.69, 9.17) is 9.52 Å². The summed E-state index contributed by atoms with van der Waals surface area (Å²) in [6, 6.07) is 6.44. The maximum absolute atomic E-state index is 13.9. The van der Waals surface area contributed by atoms with E-state index in [0.29, 0.717) is 30.3 Å². The van der Waals surface area contributed by atoms with E-state index in [-0.39, 0.29) is 18.1 Å². The topological polar surface area (TPSA) is 64.2 Å². The van der Waals surface area contributed by atoms with Crippen molar-refractivity contribution >= 4 is 5.91 Å². The molecule has 144 valence electrons. The number of hydrogen-bond donors (Lipinski definition) is 0. The van der Waals surface area contributed by atoms with Gasteiger partial charge in [-0.15, -0.1) is 0 Å². The Kier molecular flexibility index (Phi) is 4.22. The molecule has 7 heteroatoms. The lowest BCUT2D eigenvalue weighted by molar-refractivity contribution is -0.131. The summed E-state index contributed by atoms with van der Waals surface area (Å²) in [6.07, 6.45) is 6.30. The highest BCUT2D eigenvalue weighted by molar-refractivity contribution is 5.79. The average molecular weight is 380 g/mol. The Morgan fingerprint density at radius 3 is 2.89 bits per heavy atom.